The third kappa shape index (κ3) is 5.03. The highest BCUT2D eigenvalue weighted by Gasteiger charge is 2.37. The highest BCUT2D eigenvalue weighted by Crippen LogP contribution is 2.47. The van der Waals surface area contributed by atoms with Crippen molar-refractivity contribution >= 4 is 62.5 Å². The Kier molecular flexibility index (Phi) is 7.13. The first-order valence-corrected chi connectivity index (χ1v) is 19.9. The summed E-state index contributed by atoms with van der Waals surface area (Å²) in [5, 5.41) is 6.47. The maximum atomic E-state index is 6.46. The van der Waals surface area contributed by atoms with E-state index in [0.29, 0.717) is 5.89 Å². The molecule has 2 aliphatic rings. The maximum absolute atomic E-state index is 6.46. The number of nitrogens with one attached hydrogen (secondary N) is 1. The lowest BCUT2D eigenvalue weighted by Crippen LogP contribution is -2.37. The Labute approximate surface area is 328 Å². The summed E-state index contributed by atoms with van der Waals surface area (Å²) in [6.07, 6.45) is 2.38. The SMILES string of the molecule is CC1(C)CCC(C)(C)c2cc(Nc3ccccc3-c3cc(-c4ccccc4)c4c5ccccc5n5c4c3Bc3cc4oc(-c6ccccc6)nc4cc3-5)ccc21. The van der Waals surface area contributed by atoms with Crippen LogP contribution >= 0.6 is 0 Å². The van der Waals surface area contributed by atoms with Crippen molar-refractivity contribution in [2.45, 2.75) is 51.4 Å². The van der Waals surface area contributed by atoms with Gasteiger partial charge in [0, 0.05) is 44.5 Å². The molecule has 0 saturated heterocycles. The molecule has 0 atom stereocenters. The summed E-state index contributed by atoms with van der Waals surface area (Å²) in [6, 6.07) is 52.8. The van der Waals surface area contributed by atoms with Crippen LogP contribution in [0.5, 0.6) is 0 Å². The minimum atomic E-state index is 0.124. The van der Waals surface area contributed by atoms with Crippen molar-refractivity contribution in [3.05, 3.63) is 157 Å². The van der Waals surface area contributed by atoms with Gasteiger partial charge in [0.05, 0.1) is 5.52 Å². The predicted octanol–water partition coefficient (Wildman–Crippen LogP) is 11.7. The zero-order chi connectivity index (χ0) is 37.8. The fourth-order valence-electron chi connectivity index (χ4n) is 9.64. The van der Waals surface area contributed by atoms with Crippen molar-refractivity contribution in [1.29, 1.82) is 0 Å². The molecule has 3 heterocycles. The average molecular weight is 724 g/mol. The zero-order valence-electron chi connectivity index (χ0n) is 32.3. The highest BCUT2D eigenvalue weighted by molar-refractivity contribution is 6.74. The van der Waals surface area contributed by atoms with Crippen LogP contribution in [0.15, 0.2) is 150 Å². The summed E-state index contributed by atoms with van der Waals surface area (Å²) in [5.74, 6) is 0.643. The molecule has 0 amide bonds. The molecule has 2 aromatic heterocycles. The van der Waals surface area contributed by atoms with Crippen LogP contribution in [0.3, 0.4) is 0 Å². The van der Waals surface area contributed by atoms with Crippen LogP contribution in [0.1, 0.15) is 51.7 Å². The molecule has 7 aromatic carbocycles. The van der Waals surface area contributed by atoms with Crippen LogP contribution in [-0.4, -0.2) is 16.8 Å². The molecule has 4 nitrogen and oxygen atoms in total. The standard InChI is InChI=1S/C51H42BN3O/c1-50(2)25-26-51(3,4)39-27-33(23-24-38(39)50)53-41-21-13-11-19-34(41)37-28-36(31-15-7-5-8-16-31)46-35-20-12-14-22-43(35)55-44-30-42-45(29-40(44)52-47(37)48(46)55)56-49(54-42)32-17-9-6-10-18-32/h5-24,27-30,52-53H,25-26H2,1-4H3. The quantitative estimate of drug-likeness (QED) is 0.180. The van der Waals surface area contributed by atoms with Crippen molar-refractivity contribution in [3.8, 4) is 39.4 Å². The molecule has 0 bridgehead atoms. The normalized spacial score (nSPS) is 15.1. The van der Waals surface area contributed by atoms with Gasteiger partial charge in [0.2, 0.25) is 5.89 Å². The summed E-state index contributed by atoms with van der Waals surface area (Å²) >= 11 is 0. The van der Waals surface area contributed by atoms with Crippen LogP contribution in [-0.2, 0) is 10.8 Å². The fourth-order valence-corrected chi connectivity index (χ4v) is 9.64. The average Bonchev–Trinajstić information content (AvgIpc) is 3.80. The molecule has 0 unspecified atom stereocenters. The van der Waals surface area contributed by atoms with E-state index in [1.807, 2.05) is 18.2 Å². The van der Waals surface area contributed by atoms with E-state index in [0.717, 1.165) is 41.0 Å². The summed E-state index contributed by atoms with van der Waals surface area (Å²) in [7, 11) is 0.764. The monoisotopic (exact) mass is 723 g/mol. The maximum Gasteiger partial charge on any atom is 0.227 e. The molecule has 11 rings (SSSR count). The number of oxazole rings is 1. The minimum absolute atomic E-state index is 0.124. The molecule has 5 heteroatoms. The molecule has 0 fully saturated rings. The van der Waals surface area contributed by atoms with E-state index in [4.69, 9.17) is 9.40 Å². The van der Waals surface area contributed by atoms with Gasteiger partial charge in [0.1, 0.15) is 5.52 Å². The van der Waals surface area contributed by atoms with Crippen molar-refractivity contribution in [3.63, 3.8) is 0 Å². The van der Waals surface area contributed by atoms with E-state index in [1.54, 1.807) is 0 Å². The predicted molar refractivity (Wildman–Crippen MR) is 236 cm³/mol. The van der Waals surface area contributed by atoms with E-state index in [1.165, 1.54) is 79.0 Å². The van der Waals surface area contributed by atoms with Crippen LogP contribution < -0.4 is 16.2 Å². The topological polar surface area (TPSA) is 43.0 Å². The second-order valence-electron chi connectivity index (χ2n) is 17.1. The van der Waals surface area contributed by atoms with Gasteiger partial charge in [-0.1, -0.05) is 124 Å². The van der Waals surface area contributed by atoms with Gasteiger partial charge in [0.15, 0.2) is 12.9 Å². The number of para-hydroxylation sites is 2. The lowest BCUT2D eigenvalue weighted by molar-refractivity contribution is 0.332. The summed E-state index contributed by atoms with van der Waals surface area (Å²) in [5.41, 5.74) is 19.1. The second kappa shape index (κ2) is 12.1. The van der Waals surface area contributed by atoms with E-state index >= 15 is 0 Å². The Hall–Kier alpha value is -6.33. The molecule has 0 radical (unpaired) electrons. The van der Waals surface area contributed by atoms with Gasteiger partial charge in [-0.15, -0.1) is 0 Å². The summed E-state index contributed by atoms with van der Waals surface area (Å²) in [4.78, 5) is 5.01. The van der Waals surface area contributed by atoms with Gasteiger partial charge in [-0.3, -0.25) is 0 Å². The van der Waals surface area contributed by atoms with Gasteiger partial charge < -0.3 is 14.3 Å². The Morgan fingerprint density at radius 3 is 2.14 bits per heavy atom. The van der Waals surface area contributed by atoms with Crippen LogP contribution in [0.25, 0.3) is 72.3 Å². The van der Waals surface area contributed by atoms with Crippen LogP contribution in [0.4, 0.5) is 11.4 Å². The molecule has 1 aliphatic heterocycles. The first kappa shape index (κ1) is 33.0. The lowest BCUT2D eigenvalue weighted by atomic mass is 9.58. The van der Waals surface area contributed by atoms with E-state index in [2.05, 4.69) is 165 Å². The number of aromatic nitrogens is 2. The van der Waals surface area contributed by atoms with Gasteiger partial charge in [-0.05, 0) is 112 Å². The number of rotatable bonds is 5. The molecule has 1 N–H and O–H groups in total. The number of anilines is 2. The molecule has 0 saturated carbocycles. The van der Waals surface area contributed by atoms with Crippen molar-refractivity contribution < 1.29 is 4.42 Å². The number of fused-ring (bicyclic) bond motifs is 7. The first-order chi connectivity index (χ1) is 27.2. The Morgan fingerprint density at radius 2 is 1.34 bits per heavy atom. The highest BCUT2D eigenvalue weighted by atomic mass is 16.3. The molecule has 9 aromatic rings. The Balaban J connectivity index is 1.15. The van der Waals surface area contributed by atoms with Crippen LogP contribution in [0.2, 0.25) is 0 Å². The van der Waals surface area contributed by atoms with E-state index in [-0.39, 0.29) is 10.8 Å². The number of hydrogen-bond acceptors (Lipinski definition) is 3. The van der Waals surface area contributed by atoms with Crippen molar-refractivity contribution in [2.75, 3.05) is 5.32 Å². The third-order valence-corrected chi connectivity index (χ3v) is 12.7. The lowest BCUT2D eigenvalue weighted by Gasteiger charge is -2.42. The number of benzene rings is 7. The van der Waals surface area contributed by atoms with E-state index < -0.39 is 0 Å². The van der Waals surface area contributed by atoms with Crippen LogP contribution in [0, 0.1) is 0 Å². The molecular formula is C51H42BN3O. The van der Waals surface area contributed by atoms with Gasteiger partial charge in [-0.2, -0.15) is 0 Å². The zero-order valence-corrected chi connectivity index (χ0v) is 32.3. The summed E-state index contributed by atoms with van der Waals surface area (Å²) in [6.45, 7) is 9.58. The van der Waals surface area contributed by atoms with Crippen molar-refractivity contribution in [2.24, 2.45) is 0 Å². The largest absolute Gasteiger partial charge is 0.436 e. The van der Waals surface area contributed by atoms with Gasteiger partial charge >= 0.3 is 0 Å². The first-order valence-electron chi connectivity index (χ1n) is 19.9. The van der Waals surface area contributed by atoms with Gasteiger partial charge in [0.25, 0.3) is 0 Å². The minimum Gasteiger partial charge on any atom is -0.436 e. The molecular weight excluding hydrogens is 681 g/mol. The molecule has 270 valence electrons. The molecule has 1 aliphatic carbocycles. The van der Waals surface area contributed by atoms with E-state index in [9.17, 15) is 0 Å². The molecule has 0 spiro atoms. The fraction of sp³-hybridized carbons (Fsp3) is 0.157. The number of nitrogens with zero attached hydrogens (tertiary/aromatic N) is 2. The Bertz CT molecular complexity index is 3030. The smallest absolute Gasteiger partial charge is 0.227 e. The van der Waals surface area contributed by atoms with Gasteiger partial charge in [-0.25, -0.2) is 4.98 Å². The van der Waals surface area contributed by atoms with Crippen molar-refractivity contribution in [1.82, 2.24) is 9.55 Å². The Morgan fingerprint density at radius 1 is 0.643 bits per heavy atom. The second-order valence-corrected chi connectivity index (χ2v) is 17.1. The number of hydrogen-bond donors (Lipinski definition) is 1. The summed E-state index contributed by atoms with van der Waals surface area (Å²) < 4.78 is 8.96. The third-order valence-electron chi connectivity index (χ3n) is 12.7. The molecule has 56 heavy (non-hydrogen) atoms.